The van der Waals surface area contributed by atoms with Crippen LogP contribution in [0, 0.1) is 16.0 Å². The summed E-state index contributed by atoms with van der Waals surface area (Å²) in [5, 5.41) is 14.8. The molecule has 0 aliphatic carbocycles. The molecule has 120 valence electrons. The van der Waals surface area contributed by atoms with E-state index in [1.165, 1.54) is 0 Å². The third-order valence-corrected chi connectivity index (χ3v) is 4.75. The first-order valence-electron chi connectivity index (χ1n) is 8.15. The Morgan fingerprint density at radius 1 is 1.14 bits per heavy atom. The van der Waals surface area contributed by atoms with Gasteiger partial charge in [-0.15, -0.1) is 0 Å². The van der Waals surface area contributed by atoms with E-state index < -0.39 is 0 Å². The van der Waals surface area contributed by atoms with Crippen LogP contribution in [-0.4, -0.2) is 44.2 Å². The predicted molar refractivity (Wildman–Crippen MR) is 88.8 cm³/mol. The average molecular weight is 304 g/mol. The number of anilines is 2. The molecular weight excluding hydrogens is 280 g/mol. The highest BCUT2D eigenvalue weighted by Gasteiger charge is 2.28. The summed E-state index contributed by atoms with van der Waals surface area (Å²) in [6.45, 7) is 7.74. The Kier molecular flexibility index (Phi) is 4.47. The van der Waals surface area contributed by atoms with Crippen molar-refractivity contribution in [2.24, 2.45) is 5.92 Å². The summed E-state index contributed by atoms with van der Waals surface area (Å²) < 4.78 is 0. The van der Waals surface area contributed by atoms with Crippen molar-refractivity contribution in [3.63, 3.8) is 0 Å². The average Bonchev–Trinajstić information content (AvgIpc) is 2.56. The first-order chi connectivity index (χ1) is 10.7. The molecule has 22 heavy (non-hydrogen) atoms. The highest BCUT2D eigenvalue weighted by molar-refractivity contribution is 5.80. The molecular formula is C16H24N4O2. The molecule has 0 atom stereocenters. The van der Waals surface area contributed by atoms with Crippen molar-refractivity contribution in [2.45, 2.75) is 19.8 Å². The fourth-order valence-corrected chi connectivity index (χ4v) is 3.38. The summed E-state index contributed by atoms with van der Waals surface area (Å²) in [6.07, 6.45) is 2.21. The molecule has 1 aromatic carbocycles. The van der Waals surface area contributed by atoms with Crippen LogP contribution < -0.4 is 15.1 Å². The zero-order valence-corrected chi connectivity index (χ0v) is 13.1. The summed E-state index contributed by atoms with van der Waals surface area (Å²) in [5.41, 5.74) is 2.08. The minimum Gasteiger partial charge on any atom is -0.367 e. The van der Waals surface area contributed by atoms with E-state index in [0.29, 0.717) is 5.92 Å². The van der Waals surface area contributed by atoms with Crippen LogP contribution in [0.15, 0.2) is 18.2 Å². The maximum absolute atomic E-state index is 11.5. The lowest BCUT2D eigenvalue weighted by Gasteiger charge is -2.37. The van der Waals surface area contributed by atoms with Crippen LogP contribution in [0.2, 0.25) is 0 Å². The van der Waals surface area contributed by atoms with Crippen LogP contribution in [0.3, 0.4) is 0 Å². The van der Waals surface area contributed by atoms with Gasteiger partial charge in [-0.05, 0) is 24.8 Å². The zero-order chi connectivity index (χ0) is 15.5. The second kappa shape index (κ2) is 6.52. The molecule has 0 amide bonds. The van der Waals surface area contributed by atoms with Crippen molar-refractivity contribution in [2.75, 3.05) is 49.1 Å². The van der Waals surface area contributed by atoms with Gasteiger partial charge in [-0.2, -0.15) is 0 Å². The van der Waals surface area contributed by atoms with Crippen molar-refractivity contribution in [3.05, 3.63) is 28.3 Å². The lowest BCUT2D eigenvalue weighted by Crippen LogP contribution is -2.44. The number of hydrogen-bond acceptors (Lipinski definition) is 5. The molecule has 0 spiro atoms. The maximum atomic E-state index is 11.5. The van der Waals surface area contributed by atoms with E-state index in [2.05, 4.69) is 22.0 Å². The molecule has 0 saturated carbocycles. The topological polar surface area (TPSA) is 61.6 Å². The van der Waals surface area contributed by atoms with Gasteiger partial charge in [0.25, 0.3) is 5.69 Å². The second-order valence-corrected chi connectivity index (χ2v) is 6.31. The summed E-state index contributed by atoms with van der Waals surface area (Å²) in [5.74, 6) is 0.710. The van der Waals surface area contributed by atoms with E-state index >= 15 is 0 Å². The number of para-hydroxylation sites is 1. The number of rotatable bonds is 3. The van der Waals surface area contributed by atoms with Gasteiger partial charge in [-0.3, -0.25) is 10.1 Å². The molecule has 6 nitrogen and oxygen atoms in total. The highest BCUT2D eigenvalue weighted by Crippen LogP contribution is 2.39. The molecule has 0 aromatic heterocycles. The Labute approximate surface area is 131 Å². The van der Waals surface area contributed by atoms with Gasteiger partial charge in [-0.1, -0.05) is 13.0 Å². The smallest absolute Gasteiger partial charge is 0.294 e. The molecule has 2 heterocycles. The summed E-state index contributed by atoms with van der Waals surface area (Å²) >= 11 is 0. The Morgan fingerprint density at radius 3 is 2.45 bits per heavy atom. The third kappa shape index (κ3) is 3.02. The van der Waals surface area contributed by atoms with E-state index in [0.717, 1.165) is 63.5 Å². The normalized spacial score (nSPS) is 20.2. The quantitative estimate of drug-likeness (QED) is 0.685. The number of nitro groups is 1. The Bertz CT molecular complexity index is 535. The molecule has 1 N–H and O–H groups in total. The summed E-state index contributed by atoms with van der Waals surface area (Å²) in [7, 11) is 0. The van der Waals surface area contributed by atoms with Gasteiger partial charge in [-0.25, -0.2) is 0 Å². The van der Waals surface area contributed by atoms with Crippen LogP contribution in [0.5, 0.6) is 0 Å². The molecule has 0 radical (unpaired) electrons. The molecule has 1 aromatic rings. The van der Waals surface area contributed by atoms with Crippen LogP contribution in [0.25, 0.3) is 0 Å². The summed E-state index contributed by atoms with van der Waals surface area (Å²) in [4.78, 5) is 15.8. The first kappa shape index (κ1) is 15.1. The molecule has 3 rings (SSSR count). The van der Waals surface area contributed by atoms with Gasteiger partial charge >= 0.3 is 0 Å². The largest absolute Gasteiger partial charge is 0.367 e. The van der Waals surface area contributed by atoms with Crippen molar-refractivity contribution in [1.29, 1.82) is 0 Å². The van der Waals surface area contributed by atoms with E-state index in [4.69, 9.17) is 0 Å². The van der Waals surface area contributed by atoms with Gasteiger partial charge in [0.05, 0.1) is 10.6 Å². The summed E-state index contributed by atoms with van der Waals surface area (Å²) in [6, 6.07) is 5.48. The second-order valence-electron chi connectivity index (χ2n) is 6.31. The zero-order valence-electron chi connectivity index (χ0n) is 13.1. The minimum atomic E-state index is -0.237. The van der Waals surface area contributed by atoms with Gasteiger partial charge in [0.1, 0.15) is 5.69 Å². The third-order valence-electron chi connectivity index (χ3n) is 4.75. The van der Waals surface area contributed by atoms with Crippen LogP contribution in [0.4, 0.5) is 17.1 Å². The fraction of sp³-hybridized carbons (Fsp3) is 0.625. The van der Waals surface area contributed by atoms with E-state index in [1.54, 1.807) is 6.07 Å². The number of piperazine rings is 1. The Balaban J connectivity index is 1.97. The van der Waals surface area contributed by atoms with E-state index in [9.17, 15) is 10.1 Å². The van der Waals surface area contributed by atoms with Gasteiger partial charge < -0.3 is 15.1 Å². The number of nitro benzene ring substituents is 1. The van der Waals surface area contributed by atoms with Gasteiger partial charge in [0.15, 0.2) is 0 Å². The predicted octanol–water partition coefficient (Wildman–Crippen LogP) is 2.24. The number of piperidine rings is 1. The van der Waals surface area contributed by atoms with Crippen molar-refractivity contribution in [1.82, 2.24) is 5.32 Å². The molecule has 0 bridgehead atoms. The minimum absolute atomic E-state index is 0.237. The number of nitrogens with zero attached hydrogens (tertiary/aromatic N) is 3. The maximum Gasteiger partial charge on any atom is 0.294 e. The molecule has 0 unspecified atom stereocenters. The molecule has 2 aliphatic rings. The SMILES string of the molecule is CC1CCN(c2c(N3CCNCC3)cccc2[N+](=O)[O-])CC1. The monoisotopic (exact) mass is 304 g/mol. The Hall–Kier alpha value is -1.82. The van der Waals surface area contributed by atoms with Crippen LogP contribution in [0.1, 0.15) is 19.8 Å². The van der Waals surface area contributed by atoms with Crippen LogP contribution in [-0.2, 0) is 0 Å². The molecule has 6 heteroatoms. The van der Waals surface area contributed by atoms with E-state index in [1.807, 2.05) is 12.1 Å². The highest BCUT2D eigenvalue weighted by atomic mass is 16.6. The number of hydrogen-bond donors (Lipinski definition) is 1. The van der Waals surface area contributed by atoms with Crippen molar-refractivity contribution < 1.29 is 4.92 Å². The molecule has 2 aliphatic heterocycles. The van der Waals surface area contributed by atoms with Crippen molar-refractivity contribution in [3.8, 4) is 0 Å². The standard InChI is InChI=1S/C16H24N4O2/c1-13-5-9-19(10-6-13)16-14(18-11-7-17-8-12-18)3-2-4-15(16)20(21)22/h2-4,13,17H,5-12H2,1H3. The fourth-order valence-electron chi connectivity index (χ4n) is 3.38. The lowest BCUT2D eigenvalue weighted by atomic mass is 9.98. The van der Waals surface area contributed by atoms with Gasteiger partial charge in [0.2, 0.25) is 0 Å². The van der Waals surface area contributed by atoms with E-state index in [-0.39, 0.29) is 10.6 Å². The Morgan fingerprint density at radius 2 is 1.82 bits per heavy atom. The van der Waals surface area contributed by atoms with Crippen LogP contribution >= 0.6 is 0 Å². The first-order valence-corrected chi connectivity index (χ1v) is 8.15. The lowest BCUT2D eigenvalue weighted by molar-refractivity contribution is -0.384. The number of nitrogens with one attached hydrogen (secondary N) is 1. The van der Waals surface area contributed by atoms with Gasteiger partial charge in [0, 0.05) is 45.3 Å². The molecule has 2 fully saturated rings. The van der Waals surface area contributed by atoms with Crippen molar-refractivity contribution >= 4 is 17.1 Å². The number of benzene rings is 1. The molecule has 2 saturated heterocycles.